The Morgan fingerprint density at radius 2 is 2.25 bits per heavy atom. The Labute approximate surface area is 107 Å². The van der Waals surface area contributed by atoms with Crippen LogP contribution < -0.4 is 9.64 Å². The quantitative estimate of drug-likeness (QED) is 0.647. The van der Waals surface area contributed by atoms with Crippen molar-refractivity contribution in [1.29, 1.82) is 0 Å². The molecule has 0 aliphatic heterocycles. The molecule has 3 nitrogen and oxygen atoms in total. The SMILES string of the molecule is CCCOc1cccc(N(CC)C(=S)S)n1. The molecule has 1 heterocycles. The fourth-order valence-electron chi connectivity index (χ4n) is 1.24. The van der Waals surface area contributed by atoms with Gasteiger partial charge in [0, 0.05) is 12.6 Å². The van der Waals surface area contributed by atoms with Crippen molar-refractivity contribution in [3.8, 4) is 5.88 Å². The predicted octanol–water partition coefficient (Wildman–Crippen LogP) is 2.91. The van der Waals surface area contributed by atoms with Crippen molar-refractivity contribution in [2.24, 2.45) is 0 Å². The third-order valence-corrected chi connectivity index (χ3v) is 2.45. The van der Waals surface area contributed by atoms with Crippen LogP contribution in [0.3, 0.4) is 0 Å². The maximum atomic E-state index is 5.46. The highest BCUT2D eigenvalue weighted by molar-refractivity contribution is 8.11. The summed E-state index contributed by atoms with van der Waals surface area (Å²) in [7, 11) is 0. The van der Waals surface area contributed by atoms with Crippen molar-refractivity contribution in [2.75, 3.05) is 18.1 Å². The standard InChI is InChI=1S/C11H16N2OS2/c1-3-8-14-10-7-5-6-9(12-10)13(4-2)11(15)16/h5-7H,3-4,8H2,1-2H3,(H,15,16). The maximum absolute atomic E-state index is 5.46. The monoisotopic (exact) mass is 256 g/mol. The minimum Gasteiger partial charge on any atom is -0.478 e. The van der Waals surface area contributed by atoms with Gasteiger partial charge in [-0.25, -0.2) is 0 Å². The second-order valence-electron chi connectivity index (χ2n) is 3.21. The lowest BCUT2D eigenvalue weighted by Gasteiger charge is -2.19. The van der Waals surface area contributed by atoms with Gasteiger partial charge in [0.15, 0.2) is 0 Å². The van der Waals surface area contributed by atoms with Crippen molar-refractivity contribution in [3.05, 3.63) is 18.2 Å². The third kappa shape index (κ3) is 3.64. The van der Waals surface area contributed by atoms with Crippen molar-refractivity contribution in [2.45, 2.75) is 20.3 Å². The molecule has 0 saturated carbocycles. The molecule has 5 heteroatoms. The van der Waals surface area contributed by atoms with Crippen LogP contribution in [0.4, 0.5) is 5.82 Å². The molecule has 0 saturated heterocycles. The van der Waals surface area contributed by atoms with E-state index in [-0.39, 0.29) is 0 Å². The Balaban J connectivity index is 2.83. The summed E-state index contributed by atoms with van der Waals surface area (Å²) in [6.45, 7) is 5.48. The van der Waals surface area contributed by atoms with Crippen LogP contribution in [0.15, 0.2) is 18.2 Å². The van der Waals surface area contributed by atoms with E-state index in [0.717, 1.165) is 18.8 Å². The van der Waals surface area contributed by atoms with Gasteiger partial charge in [0.05, 0.1) is 6.61 Å². The molecule has 0 spiro atoms. The molecule has 1 rings (SSSR count). The Bertz CT molecular complexity index is 358. The molecule has 0 amide bonds. The van der Waals surface area contributed by atoms with Crippen molar-refractivity contribution in [1.82, 2.24) is 4.98 Å². The summed E-state index contributed by atoms with van der Waals surface area (Å²) in [6, 6.07) is 5.64. The first-order chi connectivity index (χ1) is 7.69. The average Bonchev–Trinajstić information content (AvgIpc) is 2.27. The number of rotatable bonds is 5. The van der Waals surface area contributed by atoms with Crippen LogP contribution in [-0.2, 0) is 0 Å². The highest BCUT2D eigenvalue weighted by atomic mass is 32.1. The molecule has 0 aliphatic rings. The molecule has 0 aliphatic carbocycles. The zero-order valence-corrected chi connectivity index (χ0v) is 11.2. The summed E-state index contributed by atoms with van der Waals surface area (Å²) in [5.41, 5.74) is 0. The van der Waals surface area contributed by atoms with Crippen LogP contribution in [-0.4, -0.2) is 22.5 Å². The molecule has 1 aromatic heterocycles. The molecule has 0 radical (unpaired) electrons. The molecule has 0 atom stereocenters. The van der Waals surface area contributed by atoms with Gasteiger partial charge in [0.2, 0.25) is 5.88 Å². The molecule has 0 fully saturated rings. The van der Waals surface area contributed by atoms with Crippen LogP contribution in [0.25, 0.3) is 0 Å². The van der Waals surface area contributed by atoms with E-state index in [9.17, 15) is 0 Å². The largest absolute Gasteiger partial charge is 0.478 e. The van der Waals surface area contributed by atoms with Gasteiger partial charge in [0.25, 0.3) is 0 Å². The number of ether oxygens (including phenoxy) is 1. The van der Waals surface area contributed by atoms with Crippen LogP contribution in [0.1, 0.15) is 20.3 Å². The Morgan fingerprint density at radius 3 is 2.81 bits per heavy atom. The van der Waals surface area contributed by atoms with Gasteiger partial charge in [-0.2, -0.15) is 4.98 Å². The molecular formula is C11H16N2OS2. The van der Waals surface area contributed by atoms with Crippen LogP contribution in [0.2, 0.25) is 0 Å². The first-order valence-corrected chi connectivity index (χ1v) is 6.14. The number of hydrogen-bond donors (Lipinski definition) is 1. The second-order valence-corrected chi connectivity index (χ2v) is 4.32. The number of thiol groups is 1. The Hall–Kier alpha value is -0.810. The summed E-state index contributed by atoms with van der Waals surface area (Å²) in [4.78, 5) is 6.21. The van der Waals surface area contributed by atoms with Crippen LogP contribution >= 0.6 is 24.8 Å². The zero-order chi connectivity index (χ0) is 12.0. The van der Waals surface area contributed by atoms with E-state index in [1.807, 2.05) is 30.0 Å². The number of aromatic nitrogens is 1. The van der Waals surface area contributed by atoms with Crippen LogP contribution in [0, 0.1) is 0 Å². The molecule has 0 N–H and O–H groups in total. The summed E-state index contributed by atoms with van der Waals surface area (Å²) >= 11 is 9.20. The third-order valence-electron chi connectivity index (χ3n) is 1.99. The minimum absolute atomic E-state index is 0.516. The summed E-state index contributed by atoms with van der Waals surface area (Å²) in [5.74, 6) is 1.40. The zero-order valence-electron chi connectivity index (χ0n) is 9.51. The van der Waals surface area contributed by atoms with Crippen molar-refractivity contribution >= 4 is 35.0 Å². The van der Waals surface area contributed by atoms with Crippen molar-refractivity contribution in [3.63, 3.8) is 0 Å². The lowest BCUT2D eigenvalue weighted by molar-refractivity contribution is 0.305. The maximum Gasteiger partial charge on any atom is 0.215 e. The van der Waals surface area contributed by atoms with E-state index in [4.69, 9.17) is 17.0 Å². The first kappa shape index (κ1) is 13.3. The summed E-state index contributed by atoms with van der Waals surface area (Å²) in [5, 5.41) is 0. The first-order valence-electron chi connectivity index (χ1n) is 5.29. The smallest absolute Gasteiger partial charge is 0.215 e. The normalized spacial score (nSPS) is 9.94. The molecule has 16 heavy (non-hydrogen) atoms. The molecule has 0 aromatic carbocycles. The Kier molecular flexibility index (Phi) is 5.55. The van der Waals surface area contributed by atoms with Gasteiger partial charge in [-0.1, -0.05) is 25.2 Å². The number of thiocarbonyl (C=S) groups is 1. The fourth-order valence-corrected chi connectivity index (χ4v) is 1.70. The number of anilines is 1. The predicted molar refractivity (Wildman–Crippen MR) is 74.6 cm³/mol. The number of pyridine rings is 1. The topological polar surface area (TPSA) is 25.4 Å². The van der Waals surface area contributed by atoms with Gasteiger partial charge >= 0.3 is 0 Å². The average molecular weight is 256 g/mol. The van der Waals surface area contributed by atoms with Gasteiger partial charge in [-0.3, -0.25) is 0 Å². The molecule has 1 aromatic rings. The van der Waals surface area contributed by atoms with E-state index in [2.05, 4.69) is 24.5 Å². The van der Waals surface area contributed by atoms with Crippen molar-refractivity contribution < 1.29 is 4.74 Å². The van der Waals surface area contributed by atoms with Gasteiger partial charge in [-0.15, -0.1) is 12.6 Å². The van der Waals surface area contributed by atoms with E-state index < -0.39 is 0 Å². The number of hydrogen-bond acceptors (Lipinski definition) is 3. The lowest BCUT2D eigenvalue weighted by atomic mass is 10.4. The van der Waals surface area contributed by atoms with E-state index in [1.54, 1.807) is 0 Å². The lowest BCUT2D eigenvalue weighted by Crippen LogP contribution is -2.26. The molecule has 88 valence electrons. The van der Waals surface area contributed by atoms with Gasteiger partial charge < -0.3 is 9.64 Å². The van der Waals surface area contributed by atoms with E-state index in [1.165, 1.54) is 0 Å². The number of nitrogens with zero attached hydrogens (tertiary/aromatic N) is 2. The van der Waals surface area contributed by atoms with Gasteiger partial charge in [-0.05, 0) is 19.4 Å². The van der Waals surface area contributed by atoms with E-state index >= 15 is 0 Å². The summed E-state index contributed by atoms with van der Waals surface area (Å²) < 4.78 is 5.98. The minimum atomic E-state index is 0.516. The molecule has 0 unspecified atom stereocenters. The Morgan fingerprint density at radius 1 is 1.50 bits per heavy atom. The fraction of sp³-hybridized carbons (Fsp3) is 0.455. The molecular weight excluding hydrogens is 240 g/mol. The van der Waals surface area contributed by atoms with Crippen LogP contribution in [0.5, 0.6) is 5.88 Å². The van der Waals surface area contributed by atoms with Gasteiger partial charge in [0.1, 0.15) is 10.1 Å². The van der Waals surface area contributed by atoms with E-state index in [0.29, 0.717) is 16.8 Å². The highest BCUT2D eigenvalue weighted by Gasteiger charge is 2.08. The highest BCUT2D eigenvalue weighted by Crippen LogP contribution is 2.17. The second kappa shape index (κ2) is 6.70. The summed E-state index contributed by atoms with van der Waals surface area (Å²) in [6.07, 6.45) is 0.967. The molecule has 0 bridgehead atoms.